The molecule has 0 spiro atoms. The Morgan fingerprint density at radius 1 is 0.769 bits per heavy atom. The highest BCUT2D eigenvalue weighted by atomic mass is 17.0. The third-order valence-electron chi connectivity index (χ3n) is 5.15. The lowest BCUT2D eigenvalue weighted by Crippen LogP contribution is -2.58. The molecule has 0 aromatic heterocycles. The number of hydroxylamine groups is 4. The zero-order chi connectivity index (χ0) is 19.3. The number of nitrogens with zero attached hydrogens (tertiary/aromatic N) is 1. The Morgan fingerprint density at radius 2 is 1.27 bits per heavy atom. The van der Waals surface area contributed by atoms with Gasteiger partial charge >= 0.3 is 11.9 Å². The topological polar surface area (TPSA) is 52.6 Å². The Morgan fingerprint density at radius 3 is 1.69 bits per heavy atom. The maximum atomic E-state index is 12.5. The Balaban J connectivity index is 2.83. The largest absolute Gasteiger partial charge is 0.372 e. The van der Waals surface area contributed by atoms with Crippen molar-refractivity contribution in [2.45, 2.75) is 117 Å². The molecule has 0 atom stereocenters. The molecule has 0 aliphatic heterocycles. The average molecular weight is 371 g/mol. The van der Waals surface area contributed by atoms with Crippen LogP contribution < -0.4 is 0 Å². The van der Waals surface area contributed by atoms with Crippen LogP contribution in [-0.4, -0.2) is 29.3 Å². The predicted molar refractivity (Wildman–Crippen MR) is 103 cm³/mol. The summed E-state index contributed by atoms with van der Waals surface area (Å²) in [6.45, 7) is 6.82. The number of unbranched alkanes of at least 4 members (excludes halogenated alkanes) is 4. The molecule has 0 bridgehead atoms. The molecule has 0 saturated heterocycles. The molecule has 0 unspecified atom stereocenters. The molecule has 0 amide bonds. The van der Waals surface area contributed by atoms with Crippen molar-refractivity contribution in [1.29, 1.82) is 0 Å². The van der Waals surface area contributed by atoms with Crippen LogP contribution in [-0.2, 0) is 19.3 Å². The first kappa shape index (κ1) is 22.9. The molecule has 1 fully saturated rings. The zero-order valence-corrected chi connectivity index (χ0v) is 17.3. The first-order valence-corrected chi connectivity index (χ1v) is 10.9. The highest BCUT2D eigenvalue weighted by Gasteiger charge is 2.46. The maximum Gasteiger partial charge on any atom is 0.372 e. The van der Waals surface area contributed by atoms with Gasteiger partial charge in [-0.2, -0.15) is 0 Å². The molecule has 152 valence electrons. The lowest BCUT2D eigenvalue weighted by Gasteiger charge is -2.38. The van der Waals surface area contributed by atoms with Crippen molar-refractivity contribution in [3.63, 3.8) is 0 Å². The standard InChI is InChI=1S/C21H40NO4/c1-4-7-10-16-20(23)25-22(18-6-3,19-14-12-9-13-15-19)26-21(24)17-11-8-5-2/h19H,4-18H2,1-3H3/q+1. The summed E-state index contributed by atoms with van der Waals surface area (Å²) in [6, 6.07) is 0.0777. The fourth-order valence-corrected chi connectivity index (χ4v) is 3.70. The van der Waals surface area contributed by atoms with Gasteiger partial charge in [-0.1, -0.05) is 52.9 Å². The highest BCUT2D eigenvalue weighted by Crippen LogP contribution is 2.31. The van der Waals surface area contributed by atoms with Gasteiger partial charge in [0.25, 0.3) is 0 Å². The molecule has 26 heavy (non-hydrogen) atoms. The van der Waals surface area contributed by atoms with E-state index in [1.165, 1.54) is 6.42 Å². The van der Waals surface area contributed by atoms with Gasteiger partial charge in [0, 0.05) is 24.1 Å². The van der Waals surface area contributed by atoms with Gasteiger partial charge in [0.1, 0.15) is 0 Å². The van der Waals surface area contributed by atoms with E-state index < -0.39 is 0 Å². The summed E-state index contributed by atoms with van der Waals surface area (Å²) in [6.07, 6.45) is 12.8. The minimum Gasteiger partial charge on any atom is -0.245 e. The Hall–Kier alpha value is -1.10. The Kier molecular flexibility index (Phi) is 11.6. The van der Waals surface area contributed by atoms with Crippen LogP contribution in [0.2, 0.25) is 0 Å². The summed E-state index contributed by atoms with van der Waals surface area (Å²) >= 11 is 0. The van der Waals surface area contributed by atoms with Gasteiger partial charge in [-0.05, 0) is 25.7 Å². The van der Waals surface area contributed by atoms with Gasteiger partial charge in [0.15, 0.2) is 12.6 Å². The number of rotatable bonds is 13. The van der Waals surface area contributed by atoms with Crippen LogP contribution >= 0.6 is 0 Å². The van der Waals surface area contributed by atoms with E-state index in [0.717, 1.165) is 70.6 Å². The molecule has 5 nitrogen and oxygen atoms in total. The van der Waals surface area contributed by atoms with Gasteiger partial charge < -0.3 is 0 Å². The van der Waals surface area contributed by atoms with E-state index in [-0.39, 0.29) is 22.8 Å². The third-order valence-corrected chi connectivity index (χ3v) is 5.15. The minimum atomic E-state index is -0.237. The first-order valence-electron chi connectivity index (χ1n) is 10.9. The van der Waals surface area contributed by atoms with Gasteiger partial charge in [-0.15, -0.1) is 0 Å². The van der Waals surface area contributed by atoms with E-state index in [9.17, 15) is 9.59 Å². The fourth-order valence-electron chi connectivity index (χ4n) is 3.70. The monoisotopic (exact) mass is 370 g/mol. The van der Waals surface area contributed by atoms with Crippen LogP contribution in [0.25, 0.3) is 0 Å². The van der Waals surface area contributed by atoms with Gasteiger partial charge in [0.05, 0.1) is 12.8 Å². The average Bonchev–Trinajstić information content (AvgIpc) is 2.63. The van der Waals surface area contributed by atoms with Crippen LogP contribution in [0, 0.1) is 0 Å². The van der Waals surface area contributed by atoms with E-state index in [4.69, 9.17) is 9.68 Å². The van der Waals surface area contributed by atoms with Crippen LogP contribution in [0.1, 0.15) is 111 Å². The molecule has 0 N–H and O–H groups in total. The highest BCUT2D eigenvalue weighted by molar-refractivity contribution is 5.69. The third kappa shape index (κ3) is 8.07. The Labute approximate surface area is 159 Å². The quantitative estimate of drug-likeness (QED) is 0.240. The van der Waals surface area contributed by atoms with Crippen LogP contribution in [0.3, 0.4) is 0 Å². The second-order valence-electron chi connectivity index (χ2n) is 7.58. The number of hydrogen-bond acceptors (Lipinski definition) is 4. The molecule has 1 aliphatic carbocycles. The predicted octanol–water partition coefficient (Wildman–Crippen LogP) is 5.62. The molecule has 1 rings (SSSR count). The van der Waals surface area contributed by atoms with E-state index >= 15 is 0 Å². The summed E-state index contributed by atoms with van der Waals surface area (Å²) < 4.78 is 0. The summed E-state index contributed by atoms with van der Waals surface area (Å²) in [5.41, 5.74) is 0. The lowest BCUT2D eigenvalue weighted by molar-refractivity contribution is -1.24. The summed E-state index contributed by atoms with van der Waals surface area (Å²) in [5, 5.41) is 0. The number of quaternary nitrogens is 1. The van der Waals surface area contributed by atoms with Gasteiger partial charge in [-0.3, -0.25) is 0 Å². The molecule has 0 aromatic carbocycles. The van der Waals surface area contributed by atoms with Crippen molar-refractivity contribution in [2.24, 2.45) is 0 Å². The molecule has 1 saturated carbocycles. The van der Waals surface area contributed by atoms with Crippen molar-refractivity contribution in [3.8, 4) is 0 Å². The van der Waals surface area contributed by atoms with Crippen LogP contribution in [0.5, 0.6) is 0 Å². The molecule has 0 aromatic rings. The zero-order valence-electron chi connectivity index (χ0n) is 17.3. The summed E-state index contributed by atoms with van der Waals surface area (Å²) in [5.74, 6) is -0.474. The molecule has 0 radical (unpaired) electrons. The first-order chi connectivity index (χ1) is 12.6. The molecular formula is C21H40NO4+. The SMILES string of the molecule is CCCCCC(=O)O[N+](CCC)(OC(=O)CCCCC)C1CCCCC1. The van der Waals surface area contributed by atoms with Crippen LogP contribution in [0.4, 0.5) is 0 Å². The number of carbonyl (C=O) groups excluding carboxylic acids is 2. The van der Waals surface area contributed by atoms with Crippen molar-refractivity contribution < 1.29 is 24.1 Å². The molecule has 5 heteroatoms. The van der Waals surface area contributed by atoms with Crippen molar-refractivity contribution in [1.82, 2.24) is 0 Å². The van der Waals surface area contributed by atoms with Gasteiger partial charge in [-0.25, -0.2) is 19.3 Å². The van der Waals surface area contributed by atoms with Crippen molar-refractivity contribution >= 4 is 11.9 Å². The molecule has 0 heterocycles. The summed E-state index contributed by atoms with van der Waals surface area (Å²) in [7, 11) is 0. The number of hydrogen-bond donors (Lipinski definition) is 0. The van der Waals surface area contributed by atoms with Crippen LogP contribution in [0.15, 0.2) is 0 Å². The number of carbonyl (C=O) groups is 2. The second kappa shape index (κ2) is 13.1. The maximum absolute atomic E-state index is 12.5. The van der Waals surface area contributed by atoms with E-state index in [1.807, 2.05) is 6.92 Å². The van der Waals surface area contributed by atoms with E-state index in [2.05, 4.69) is 13.8 Å². The van der Waals surface area contributed by atoms with E-state index in [1.54, 1.807) is 0 Å². The molecular weight excluding hydrogens is 330 g/mol. The van der Waals surface area contributed by atoms with Crippen molar-refractivity contribution in [3.05, 3.63) is 0 Å². The summed E-state index contributed by atoms with van der Waals surface area (Å²) in [4.78, 5) is 36.5. The van der Waals surface area contributed by atoms with E-state index in [0.29, 0.717) is 19.4 Å². The molecule has 1 aliphatic rings. The van der Waals surface area contributed by atoms with Crippen molar-refractivity contribution in [2.75, 3.05) is 6.54 Å². The smallest absolute Gasteiger partial charge is 0.245 e. The van der Waals surface area contributed by atoms with Gasteiger partial charge in [0.2, 0.25) is 0 Å². The second-order valence-corrected chi connectivity index (χ2v) is 7.58. The minimum absolute atomic E-state index is 0.0777. The fraction of sp³-hybridized carbons (Fsp3) is 0.905. The normalized spacial score (nSPS) is 15.7. The Bertz CT molecular complexity index is 381. The lowest BCUT2D eigenvalue weighted by atomic mass is 9.95.